The van der Waals surface area contributed by atoms with E-state index in [0.717, 1.165) is 25.1 Å². The molecule has 0 spiro atoms. The first kappa shape index (κ1) is 12.3. The highest BCUT2D eigenvalue weighted by Crippen LogP contribution is 2.28. The number of fused-ring (bicyclic) bond motifs is 1. The third-order valence-electron chi connectivity index (χ3n) is 2.49. The summed E-state index contributed by atoms with van der Waals surface area (Å²) in [5.74, 6) is 0. The van der Waals surface area contributed by atoms with Crippen molar-refractivity contribution < 1.29 is 4.21 Å². The van der Waals surface area contributed by atoms with E-state index < -0.39 is 9.92 Å². The molecule has 3 nitrogen and oxygen atoms in total. The molecule has 0 aliphatic carbocycles. The number of hydrogen-bond donors (Lipinski definition) is 1. The summed E-state index contributed by atoms with van der Waals surface area (Å²) in [6, 6.07) is 7.92. The molecule has 84 valence electrons. The fourth-order valence-corrected chi connectivity index (χ4v) is 2.89. The average molecular weight is 247 g/mol. The summed E-state index contributed by atoms with van der Waals surface area (Å²) in [5, 5.41) is 0. The molecule has 0 aromatic heterocycles. The lowest BCUT2D eigenvalue weighted by Gasteiger charge is -2.30. The molecule has 1 aliphatic rings. The van der Waals surface area contributed by atoms with Crippen molar-refractivity contribution in [2.24, 2.45) is 0 Å². The molecule has 1 aromatic rings. The molecule has 0 bridgehead atoms. The Kier molecular flexibility index (Phi) is 3.62. The Morgan fingerprint density at radius 2 is 2.07 bits per heavy atom. The lowest BCUT2D eigenvalue weighted by atomic mass is 10.0. The number of rotatable bonds is 1. The van der Waals surface area contributed by atoms with E-state index in [1.54, 1.807) is 4.31 Å². The number of aryl methyl sites for hydroxylation is 1. The second-order valence-corrected chi connectivity index (χ2v) is 5.68. The van der Waals surface area contributed by atoms with Gasteiger partial charge in [-0.3, -0.25) is 4.31 Å². The Hall–Kier alpha value is -0.740. The molecule has 1 heterocycles. The Bertz CT molecular complexity index is 444. The molecule has 0 saturated carbocycles. The van der Waals surface area contributed by atoms with E-state index >= 15 is 0 Å². The van der Waals surface area contributed by atoms with Gasteiger partial charge in [0.2, 0.25) is 0 Å². The summed E-state index contributed by atoms with van der Waals surface area (Å²) in [6.45, 7) is 0.732. The average Bonchev–Trinajstić information content (AvgIpc) is 2.15. The highest BCUT2D eigenvalue weighted by atomic mass is 35.5. The Labute approximate surface area is 97.0 Å². The van der Waals surface area contributed by atoms with Gasteiger partial charge < -0.3 is 0 Å². The van der Waals surface area contributed by atoms with Gasteiger partial charge in [0.1, 0.15) is 9.92 Å². The largest absolute Gasteiger partial charge is 0.286 e. The van der Waals surface area contributed by atoms with Gasteiger partial charge in [-0.15, -0.1) is 12.4 Å². The quantitative estimate of drug-likeness (QED) is 0.813. The number of nitrogens with one attached hydrogen (secondary N) is 1. The van der Waals surface area contributed by atoms with Gasteiger partial charge in [-0.2, -0.15) is 0 Å². The predicted molar refractivity (Wildman–Crippen MR) is 66.1 cm³/mol. The second kappa shape index (κ2) is 4.41. The minimum Gasteiger partial charge on any atom is -0.286 e. The fraction of sp³-hybridized carbons (Fsp3) is 0.400. The summed E-state index contributed by atoms with van der Waals surface area (Å²) in [6.07, 6.45) is 3.50. The highest BCUT2D eigenvalue weighted by molar-refractivity contribution is 7.93. The van der Waals surface area contributed by atoms with Crippen molar-refractivity contribution in [1.82, 2.24) is 0 Å². The van der Waals surface area contributed by atoms with Crippen molar-refractivity contribution in [2.45, 2.75) is 12.8 Å². The zero-order valence-corrected chi connectivity index (χ0v) is 10.2. The molecule has 2 rings (SSSR count). The summed E-state index contributed by atoms with van der Waals surface area (Å²) in [4.78, 5) is 0. The summed E-state index contributed by atoms with van der Waals surface area (Å²) in [5.41, 5.74) is 2.18. The molecule has 0 amide bonds. The van der Waals surface area contributed by atoms with Crippen molar-refractivity contribution in [3.05, 3.63) is 29.8 Å². The molecule has 1 unspecified atom stereocenters. The molecule has 0 radical (unpaired) electrons. The van der Waals surface area contributed by atoms with Crippen LogP contribution in [0.4, 0.5) is 5.69 Å². The maximum atomic E-state index is 11.7. The minimum atomic E-state index is -2.61. The van der Waals surface area contributed by atoms with Crippen molar-refractivity contribution in [2.75, 3.05) is 17.1 Å². The van der Waals surface area contributed by atoms with E-state index in [2.05, 4.69) is 0 Å². The maximum absolute atomic E-state index is 11.7. The van der Waals surface area contributed by atoms with Crippen molar-refractivity contribution >= 4 is 28.0 Å². The van der Waals surface area contributed by atoms with Crippen LogP contribution < -0.4 is 4.31 Å². The molecule has 5 heteroatoms. The van der Waals surface area contributed by atoms with Gasteiger partial charge in [-0.05, 0) is 24.5 Å². The highest BCUT2D eigenvalue weighted by Gasteiger charge is 2.20. The first-order valence-electron chi connectivity index (χ1n) is 4.68. The lowest BCUT2D eigenvalue weighted by molar-refractivity contribution is 0.668. The zero-order valence-electron chi connectivity index (χ0n) is 8.60. The number of benzene rings is 1. The molecular formula is C10H15ClN2OS. The Balaban J connectivity index is 0.00000112. The van der Waals surface area contributed by atoms with Crippen LogP contribution in [0.1, 0.15) is 12.0 Å². The number of anilines is 1. The Morgan fingerprint density at radius 1 is 1.40 bits per heavy atom. The monoisotopic (exact) mass is 246 g/mol. The summed E-state index contributed by atoms with van der Waals surface area (Å²) in [7, 11) is -2.61. The van der Waals surface area contributed by atoms with Crippen LogP contribution in [0, 0.1) is 4.78 Å². The molecule has 0 saturated heterocycles. The molecule has 1 aromatic carbocycles. The van der Waals surface area contributed by atoms with Gasteiger partial charge in [-0.25, -0.2) is 8.99 Å². The number of para-hydroxylation sites is 1. The smallest absolute Gasteiger partial charge is 0.126 e. The van der Waals surface area contributed by atoms with Crippen LogP contribution in [-0.2, 0) is 16.3 Å². The van der Waals surface area contributed by atoms with E-state index in [0.29, 0.717) is 0 Å². The molecule has 1 N–H and O–H groups in total. The van der Waals surface area contributed by atoms with E-state index in [9.17, 15) is 4.21 Å². The number of nitrogens with zero attached hydrogens (tertiary/aromatic N) is 1. The molecule has 0 fully saturated rings. The van der Waals surface area contributed by atoms with Crippen LogP contribution in [0.15, 0.2) is 24.3 Å². The standard InChI is InChI=1S/C10H14N2OS.ClH/c1-14(11,13)12-8-4-6-9-5-2-3-7-10(9)12;/h2-3,5,7,11H,4,6,8H2,1H3;1H. The molecule has 1 aliphatic heterocycles. The van der Waals surface area contributed by atoms with Gasteiger partial charge in [0, 0.05) is 12.8 Å². The Morgan fingerprint density at radius 3 is 2.73 bits per heavy atom. The van der Waals surface area contributed by atoms with Crippen molar-refractivity contribution in [3.8, 4) is 0 Å². The molecule has 1 atom stereocenters. The SMILES string of the molecule is CS(=N)(=O)N1CCCc2ccccc21.Cl. The van der Waals surface area contributed by atoms with Crippen molar-refractivity contribution in [1.29, 1.82) is 4.78 Å². The van der Waals surface area contributed by atoms with Gasteiger partial charge >= 0.3 is 0 Å². The first-order valence-corrected chi connectivity index (χ1v) is 6.61. The predicted octanol–water partition coefficient (Wildman–Crippen LogP) is 2.45. The van der Waals surface area contributed by atoms with Gasteiger partial charge in [0.05, 0.1) is 5.69 Å². The summed E-state index contributed by atoms with van der Waals surface area (Å²) >= 11 is 0. The third kappa shape index (κ3) is 2.44. The van der Waals surface area contributed by atoms with Gasteiger partial charge in [0.25, 0.3) is 0 Å². The second-order valence-electron chi connectivity index (χ2n) is 3.64. The van der Waals surface area contributed by atoms with E-state index in [1.807, 2.05) is 24.3 Å². The van der Waals surface area contributed by atoms with Crippen LogP contribution in [0.5, 0.6) is 0 Å². The van der Waals surface area contributed by atoms with E-state index in [-0.39, 0.29) is 12.4 Å². The third-order valence-corrected chi connectivity index (χ3v) is 3.71. The summed E-state index contributed by atoms with van der Waals surface area (Å²) < 4.78 is 21.0. The van der Waals surface area contributed by atoms with Gasteiger partial charge in [0.15, 0.2) is 0 Å². The number of hydrogen-bond acceptors (Lipinski definition) is 2. The maximum Gasteiger partial charge on any atom is 0.126 e. The number of halogens is 1. The first-order chi connectivity index (χ1) is 6.59. The van der Waals surface area contributed by atoms with Crippen molar-refractivity contribution in [3.63, 3.8) is 0 Å². The molecule has 15 heavy (non-hydrogen) atoms. The normalized spacial score (nSPS) is 18.6. The minimum absolute atomic E-state index is 0. The van der Waals surface area contributed by atoms with Crippen LogP contribution in [0.3, 0.4) is 0 Å². The van der Waals surface area contributed by atoms with Crippen LogP contribution >= 0.6 is 12.4 Å². The zero-order chi connectivity index (χ0) is 10.2. The van der Waals surface area contributed by atoms with E-state index in [4.69, 9.17) is 4.78 Å². The van der Waals surface area contributed by atoms with Crippen LogP contribution in [-0.4, -0.2) is 17.0 Å². The van der Waals surface area contributed by atoms with Crippen LogP contribution in [0.25, 0.3) is 0 Å². The van der Waals surface area contributed by atoms with E-state index in [1.165, 1.54) is 11.8 Å². The van der Waals surface area contributed by atoms with Gasteiger partial charge in [-0.1, -0.05) is 18.2 Å². The van der Waals surface area contributed by atoms with Crippen LogP contribution in [0.2, 0.25) is 0 Å². The fourth-order valence-electron chi connectivity index (χ4n) is 1.86. The molecular weight excluding hydrogens is 232 g/mol. The lowest BCUT2D eigenvalue weighted by Crippen LogP contribution is -2.33. The topological polar surface area (TPSA) is 44.2 Å².